The maximum atomic E-state index is 12.8. The number of aromatic nitrogens is 4. The fourth-order valence-electron chi connectivity index (χ4n) is 3.48. The second-order valence-electron chi connectivity index (χ2n) is 7.64. The first kappa shape index (κ1) is 23.9. The summed E-state index contributed by atoms with van der Waals surface area (Å²) in [4.78, 5) is 35.6. The smallest absolute Gasteiger partial charge is 0.338 e. The van der Waals surface area contributed by atoms with Gasteiger partial charge in [0.1, 0.15) is 6.54 Å². The number of aryl methyl sites for hydroxylation is 2. The number of nitrogens with zero attached hydrogens (tertiary/aromatic N) is 6. The van der Waals surface area contributed by atoms with Crippen LogP contribution in [0.3, 0.4) is 0 Å². The molecule has 9 nitrogen and oxygen atoms in total. The van der Waals surface area contributed by atoms with Crippen LogP contribution in [0.1, 0.15) is 27.3 Å². The Morgan fingerprint density at radius 2 is 1.83 bits per heavy atom. The van der Waals surface area contributed by atoms with Crippen molar-refractivity contribution in [2.75, 3.05) is 18.1 Å². The number of carbonyl (C=O) groups is 2. The molecular weight excluding hydrogens is 464 g/mol. The number of anilines is 1. The van der Waals surface area contributed by atoms with Crippen molar-refractivity contribution in [2.24, 2.45) is 0 Å². The van der Waals surface area contributed by atoms with Crippen LogP contribution in [0.2, 0.25) is 0 Å². The lowest BCUT2D eigenvalue weighted by Crippen LogP contribution is -2.35. The van der Waals surface area contributed by atoms with Crippen LogP contribution >= 0.6 is 11.8 Å². The van der Waals surface area contributed by atoms with Crippen LogP contribution in [-0.4, -0.2) is 44.6 Å². The fraction of sp³-hybridized carbons (Fsp3) is 0.200. The summed E-state index contributed by atoms with van der Waals surface area (Å²) in [5.74, 6) is -0.143. The van der Waals surface area contributed by atoms with Crippen LogP contribution in [0.15, 0.2) is 65.8 Å². The van der Waals surface area contributed by atoms with Gasteiger partial charge in [0, 0.05) is 22.8 Å². The zero-order valence-corrected chi connectivity index (χ0v) is 20.0. The van der Waals surface area contributed by atoms with Gasteiger partial charge in [-0.25, -0.2) is 14.3 Å². The number of thioether (sulfide) groups is 1. The van der Waals surface area contributed by atoms with E-state index in [9.17, 15) is 9.59 Å². The zero-order valence-electron chi connectivity index (χ0n) is 19.2. The average Bonchev–Trinajstić information content (AvgIpc) is 3.28. The van der Waals surface area contributed by atoms with Gasteiger partial charge in [0.25, 0.3) is 11.7 Å². The molecule has 0 saturated carbocycles. The molecule has 4 rings (SSSR count). The Morgan fingerprint density at radius 3 is 2.60 bits per heavy atom. The molecule has 0 spiro atoms. The van der Waals surface area contributed by atoms with Crippen LogP contribution < -0.4 is 4.90 Å². The van der Waals surface area contributed by atoms with Crippen molar-refractivity contribution in [3.63, 3.8) is 0 Å². The molecule has 1 amide bonds. The SMILES string of the molecule is Cc1cc(C)n2nc(SCc3ccccc3C(=O)OCC(=O)N(CC#N)c3ccccc3)nc2n1. The van der Waals surface area contributed by atoms with E-state index in [4.69, 9.17) is 10.00 Å². The van der Waals surface area contributed by atoms with E-state index in [0.717, 1.165) is 17.0 Å². The van der Waals surface area contributed by atoms with Gasteiger partial charge in [-0.05, 0) is 43.7 Å². The molecule has 0 bridgehead atoms. The first-order valence-corrected chi connectivity index (χ1v) is 11.8. The Balaban J connectivity index is 1.43. The molecule has 176 valence electrons. The van der Waals surface area contributed by atoms with Gasteiger partial charge in [0.05, 0.1) is 11.6 Å². The molecule has 0 saturated heterocycles. The largest absolute Gasteiger partial charge is 0.452 e. The predicted molar refractivity (Wildman–Crippen MR) is 131 cm³/mol. The lowest BCUT2D eigenvalue weighted by molar-refractivity contribution is -0.121. The van der Waals surface area contributed by atoms with Crippen LogP contribution in [0.4, 0.5) is 5.69 Å². The summed E-state index contributed by atoms with van der Waals surface area (Å²) in [6.07, 6.45) is 0. The standard InChI is InChI=1S/C25H22N6O3S/c1-17-14-18(2)31-24(27-17)28-25(29-31)35-16-19-8-6-7-11-21(19)23(33)34-15-22(32)30(13-12-26)20-9-4-3-5-10-20/h3-11,14H,13,15-16H2,1-2H3. The summed E-state index contributed by atoms with van der Waals surface area (Å²) in [6.45, 7) is 3.22. The Morgan fingerprint density at radius 1 is 1.09 bits per heavy atom. The van der Waals surface area contributed by atoms with Crippen molar-refractivity contribution in [3.8, 4) is 6.07 Å². The summed E-state index contributed by atoms with van der Waals surface area (Å²) in [7, 11) is 0. The summed E-state index contributed by atoms with van der Waals surface area (Å²) >= 11 is 1.38. The third-order valence-electron chi connectivity index (χ3n) is 5.12. The van der Waals surface area contributed by atoms with Gasteiger partial charge in [-0.1, -0.05) is 48.2 Å². The molecule has 35 heavy (non-hydrogen) atoms. The second-order valence-corrected chi connectivity index (χ2v) is 8.58. The quantitative estimate of drug-likeness (QED) is 0.210. The van der Waals surface area contributed by atoms with E-state index in [-0.39, 0.29) is 6.54 Å². The van der Waals surface area contributed by atoms with Crippen molar-refractivity contribution in [3.05, 3.63) is 83.2 Å². The monoisotopic (exact) mass is 486 g/mol. The Hall–Kier alpha value is -4.23. The number of fused-ring (bicyclic) bond motifs is 1. The summed E-state index contributed by atoms with van der Waals surface area (Å²) < 4.78 is 7.00. The number of ether oxygens (including phenoxy) is 1. The van der Waals surface area contributed by atoms with Gasteiger partial charge in [0.15, 0.2) is 6.61 Å². The first-order valence-electron chi connectivity index (χ1n) is 10.8. The van der Waals surface area contributed by atoms with Crippen molar-refractivity contribution >= 4 is 35.1 Å². The van der Waals surface area contributed by atoms with Crippen LogP contribution in [0.5, 0.6) is 0 Å². The normalized spacial score (nSPS) is 10.7. The highest BCUT2D eigenvalue weighted by molar-refractivity contribution is 7.98. The summed E-state index contributed by atoms with van der Waals surface area (Å²) in [5.41, 5.74) is 3.44. The molecule has 2 heterocycles. The molecule has 0 N–H and O–H groups in total. The highest BCUT2D eigenvalue weighted by Crippen LogP contribution is 2.23. The third kappa shape index (κ3) is 5.65. The molecule has 4 aromatic rings. The summed E-state index contributed by atoms with van der Waals surface area (Å²) in [5, 5.41) is 14.1. The number of amides is 1. The van der Waals surface area contributed by atoms with Gasteiger partial charge in [-0.3, -0.25) is 9.69 Å². The van der Waals surface area contributed by atoms with Crippen LogP contribution in [-0.2, 0) is 15.3 Å². The predicted octanol–water partition coefficient (Wildman–Crippen LogP) is 3.75. The minimum absolute atomic E-state index is 0.145. The molecule has 0 aliphatic rings. The Kier molecular flexibility index (Phi) is 7.38. The number of hydrogen-bond donors (Lipinski definition) is 0. The lowest BCUT2D eigenvalue weighted by atomic mass is 10.1. The molecule has 0 unspecified atom stereocenters. The number of nitriles is 1. The van der Waals surface area contributed by atoms with E-state index in [1.807, 2.05) is 44.2 Å². The molecular formula is C25H22N6O3S. The van der Waals surface area contributed by atoms with E-state index in [1.165, 1.54) is 16.7 Å². The zero-order chi connectivity index (χ0) is 24.8. The number of benzene rings is 2. The van der Waals surface area contributed by atoms with Crippen molar-refractivity contribution in [2.45, 2.75) is 24.8 Å². The lowest BCUT2D eigenvalue weighted by Gasteiger charge is -2.19. The van der Waals surface area contributed by atoms with Gasteiger partial charge in [0.2, 0.25) is 5.16 Å². The number of esters is 1. The molecule has 0 radical (unpaired) electrons. The molecule has 0 aliphatic carbocycles. The van der Waals surface area contributed by atoms with E-state index in [0.29, 0.717) is 27.9 Å². The highest BCUT2D eigenvalue weighted by atomic mass is 32.2. The number of rotatable bonds is 8. The first-order chi connectivity index (χ1) is 17.0. The minimum atomic E-state index is -0.615. The van der Waals surface area contributed by atoms with Crippen molar-refractivity contribution in [1.29, 1.82) is 5.26 Å². The Bertz CT molecular complexity index is 1410. The van der Waals surface area contributed by atoms with Gasteiger partial charge in [-0.2, -0.15) is 10.2 Å². The van der Waals surface area contributed by atoms with Crippen LogP contribution in [0.25, 0.3) is 5.78 Å². The van der Waals surface area contributed by atoms with E-state index in [1.54, 1.807) is 40.9 Å². The van der Waals surface area contributed by atoms with Gasteiger partial charge < -0.3 is 4.74 Å². The van der Waals surface area contributed by atoms with Crippen LogP contribution in [0, 0.1) is 25.2 Å². The number of para-hydroxylation sites is 1. The van der Waals surface area contributed by atoms with E-state index < -0.39 is 18.5 Å². The maximum absolute atomic E-state index is 12.8. The van der Waals surface area contributed by atoms with Crippen molar-refractivity contribution < 1.29 is 14.3 Å². The molecule has 10 heteroatoms. The third-order valence-corrected chi connectivity index (χ3v) is 6.00. The van der Waals surface area contributed by atoms with Crippen molar-refractivity contribution in [1.82, 2.24) is 19.6 Å². The topological polar surface area (TPSA) is 113 Å². The van der Waals surface area contributed by atoms with E-state index in [2.05, 4.69) is 15.1 Å². The molecule has 2 aromatic heterocycles. The molecule has 0 atom stereocenters. The second kappa shape index (κ2) is 10.8. The van der Waals surface area contributed by atoms with Gasteiger partial charge in [-0.15, -0.1) is 5.10 Å². The average molecular weight is 487 g/mol. The number of carbonyl (C=O) groups excluding carboxylic acids is 2. The summed E-state index contributed by atoms with van der Waals surface area (Å²) in [6, 6.07) is 19.7. The molecule has 0 fully saturated rings. The molecule has 2 aromatic carbocycles. The number of hydrogen-bond acceptors (Lipinski definition) is 8. The minimum Gasteiger partial charge on any atom is -0.452 e. The van der Waals surface area contributed by atoms with E-state index >= 15 is 0 Å². The maximum Gasteiger partial charge on any atom is 0.338 e. The highest BCUT2D eigenvalue weighted by Gasteiger charge is 2.20. The van der Waals surface area contributed by atoms with Gasteiger partial charge >= 0.3 is 5.97 Å². The fourth-order valence-corrected chi connectivity index (χ4v) is 4.30. The molecule has 0 aliphatic heterocycles. The Labute approximate surface area is 206 Å².